The third kappa shape index (κ3) is 3.31. The summed E-state index contributed by atoms with van der Waals surface area (Å²) in [5, 5.41) is 11.4. The van der Waals surface area contributed by atoms with Gasteiger partial charge in [-0.3, -0.25) is 4.79 Å². The quantitative estimate of drug-likeness (QED) is 0.500. The molecule has 0 fully saturated rings. The Morgan fingerprint density at radius 3 is 2.71 bits per heavy atom. The number of thioether (sulfide) groups is 1. The van der Waals surface area contributed by atoms with E-state index < -0.39 is 11.7 Å². The molecule has 1 aromatic heterocycles. The molecular formula is C9H11N3O4S. The molecule has 0 aromatic carbocycles. The molecule has 0 radical (unpaired) electrons. The van der Waals surface area contributed by atoms with E-state index in [0.717, 1.165) is 11.8 Å². The number of nitrogens with zero attached hydrogens (tertiary/aromatic N) is 1. The molecule has 17 heavy (non-hydrogen) atoms. The van der Waals surface area contributed by atoms with Crippen LogP contribution in [0.15, 0.2) is 9.82 Å². The summed E-state index contributed by atoms with van der Waals surface area (Å²) in [6, 6.07) is 0. The lowest BCUT2D eigenvalue weighted by atomic mass is 10.2. The van der Waals surface area contributed by atoms with Crippen molar-refractivity contribution in [3.63, 3.8) is 0 Å². The summed E-state index contributed by atoms with van der Waals surface area (Å²) in [5.74, 6) is -1.45. The topological polar surface area (TPSA) is 112 Å². The highest BCUT2D eigenvalue weighted by Gasteiger charge is 2.17. The van der Waals surface area contributed by atoms with Gasteiger partial charge in [0, 0.05) is 12.7 Å². The largest absolute Gasteiger partial charge is 0.478 e. The number of rotatable bonds is 4. The maximum absolute atomic E-state index is 11.1. The van der Waals surface area contributed by atoms with Gasteiger partial charge in [-0.2, -0.15) is 4.98 Å². The number of aryl methyl sites for hydroxylation is 1. The van der Waals surface area contributed by atoms with Crippen molar-refractivity contribution in [3.05, 3.63) is 21.7 Å². The highest BCUT2D eigenvalue weighted by Crippen LogP contribution is 2.20. The molecule has 1 amide bonds. The van der Waals surface area contributed by atoms with E-state index in [0.29, 0.717) is 0 Å². The average molecular weight is 257 g/mol. The Bertz CT molecular complexity index is 511. The fraction of sp³-hybridized carbons (Fsp3) is 0.333. The number of carboxylic acid groups (broad SMARTS) is 1. The number of aromatic carboxylic acids is 1. The van der Waals surface area contributed by atoms with Gasteiger partial charge in [-0.05, 0) is 6.92 Å². The number of hydrogen-bond acceptors (Lipinski definition) is 5. The summed E-state index contributed by atoms with van der Waals surface area (Å²) in [4.78, 5) is 39.0. The van der Waals surface area contributed by atoms with Gasteiger partial charge in [0.2, 0.25) is 5.91 Å². The van der Waals surface area contributed by atoms with Crippen molar-refractivity contribution in [1.29, 1.82) is 0 Å². The Morgan fingerprint density at radius 1 is 1.53 bits per heavy atom. The number of carboxylic acids is 1. The third-order valence-corrected chi connectivity index (χ3v) is 2.89. The zero-order valence-corrected chi connectivity index (χ0v) is 10.1. The van der Waals surface area contributed by atoms with Crippen molar-refractivity contribution < 1.29 is 14.7 Å². The first-order valence-corrected chi connectivity index (χ1v) is 5.62. The lowest BCUT2D eigenvalue weighted by molar-refractivity contribution is -0.118. The fourth-order valence-corrected chi connectivity index (χ4v) is 2.07. The summed E-state index contributed by atoms with van der Waals surface area (Å²) < 4.78 is 0. The molecular weight excluding hydrogens is 246 g/mol. The molecule has 1 aromatic rings. The van der Waals surface area contributed by atoms with Crippen molar-refractivity contribution in [2.45, 2.75) is 11.9 Å². The molecule has 0 unspecified atom stereocenters. The minimum Gasteiger partial charge on any atom is -0.478 e. The Hall–Kier alpha value is -1.83. The van der Waals surface area contributed by atoms with Crippen molar-refractivity contribution >= 4 is 23.6 Å². The first-order chi connectivity index (χ1) is 7.95. The maximum atomic E-state index is 11.1. The number of carbonyl (C=O) groups is 2. The lowest BCUT2D eigenvalue weighted by Crippen LogP contribution is -2.22. The second-order valence-corrected chi connectivity index (χ2v) is 4.08. The van der Waals surface area contributed by atoms with Gasteiger partial charge in [-0.1, -0.05) is 11.8 Å². The van der Waals surface area contributed by atoms with Crippen molar-refractivity contribution in [1.82, 2.24) is 15.3 Å². The first kappa shape index (κ1) is 13.2. The molecule has 0 aliphatic rings. The average Bonchev–Trinajstić information content (AvgIpc) is 2.24. The van der Waals surface area contributed by atoms with Crippen LogP contribution in [0.2, 0.25) is 0 Å². The Kier molecular flexibility index (Phi) is 4.27. The van der Waals surface area contributed by atoms with Crippen LogP contribution in [-0.2, 0) is 4.79 Å². The van der Waals surface area contributed by atoms with Gasteiger partial charge in [0.25, 0.3) is 0 Å². The van der Waals surface area contributed by atoms with E-state index in [4.69, 9.17) is 5.11 Å². The van der Waals surface area contributed by atoms with Gasteiger partial charge in [0.05, 0.1) is 5.75 Å². The van der Waals surface area contributed by atoms with Crippen molar-refractivity contribution in [2.24, 2.45) is 0 Å². The van der Waals surface area contributed by atoms with Gasteiger partial charge in [-0.15, -0.1) is 0 Å². The highest BCUT2D eigenvalue weighted by molar-refractivity contribution is 8.00. The molecule has 92 valence electrons. The Morgan fingerprint density at radius 2 is 2.18 bits per heavy atom. The SMILES string of the molecule is CNC(=O)CSc1nc(=O)[nH]c(C)c1C(=O)O. The molecule has 7 nitrogen and oxygen atoms in total. The summed E-state index contributed by atoms with van der Waals surface area (Å²) in [6.45, 7) is 1.47. The standard InChI is InChI=1S/C9H11N3O4S/c1-4-6(8(14)15)7(12-9(16)11-4)17-3-5(13)10-2/h3H2,1-2H3,(H,10,13)(H,14,15)(H,11,12,16). The molecule has 0 spiro atoms. The molecule has 3 N–H and O–H groups in total. The summed E-state index contributed by atoms with van der Waals surface area (Å²) in [7, 11) is 1.47. The minimum atomic E-state index is -1.19. The zero-order chi connectivity index (χ0) is 13.0. The monoisotopic (exact) mass is 257 g/mol. The molecule has 0 saturated heterocycles. The number of amides is 1. The van der Waals surface area contributed by atoms with Crippen LogP contribution in [0.25, 0.3) is 0 Å². The first-order valence-electron chi connectivity index (χ1n) is 4.63. The van der Waals surface area contributed by atoms with E-state index in [9.17, 15) is 14.4 Å². The molecule has 1 rings (SSSR count). The van der Waals surface area contributed by atoms with Crippen LogP contribution >= 0.6 is 11.8 Å². The van der Waals surface area contributed by atoms with Crippen molar-refractivity contribution in [2.75, 3.05) is 12.8 Å². The number of aromatic nitrogens is 2. The van der Waals surface area contributed by atoms with E-state index in [-0.39, 0.29) is 27.9 Å². The van der Waals surface area contributed by atoms with Gasteiger partial charge in [0.1, 0.15) is 10.6 Å². The smallest absolute Gasteiger partial charge is 0.346 e. The number of nitrogens with one attached hydrogen (secondary N) is 2. The minimum absolute atomic E-state index is 0.00662. The second-order valence-electron chi connectivity index (χ2n) is 3.11. The van der Waals surface area contributed by atoms with E-state index in [1.807, 2.05) is 0 Å². The van der Waals surface area contributed by atoms with Crippen LogP contribution in [0.5, 0.6) is 0 Å². The molecule has 0 saturated carbocycles. The molecule has 0 atom stereocenters. The van der Waals surface area contributed by atoms with Crippen molar-refractivity contribution in [3.8, 4) is 0 Å². The third-order valence-electron chi connectivity index (χ3n) is 1.92. The second kappa shape index (κ2) is 5.48. The van der Waals surface area contributed by atoms with Crippen LogP contribution in [0.1, 0.15) is 16.1 Å². The van der Waals surface area contributed by atoms with E-state index in [2.05, 4.69) is 15.3 Å². The number of carbonyl (C=O) groups excluding carboxylic acids is 1. The van der Waals surface area contributed by atoms with Gasteiger partial charge >= 0.3 is 11.7 Å². The van der Waals surface area contributed by atoms with Crippen LogP contribution in [0.3, 0.4) is 0 Å². The number of H-pyrrole nitrogens is 1. The van der Waals surface area contributed by atoms with Crippen LogP contribution < -0.4 is 11.0 Å². The number of hydrogen-bond donors (Lipinski definition) is 3. The predicted molar refractivity (Wildman–Crippen MR) is 61.3 cm³/mol. The summed E-state index contributed by atoms with van der Waals surface area (Å²) in [6.07, 6.45) is 0. The molecule has 0 bridgehead atoms. The molecule has 8 heteroatoms. The van der Waals surface area contributed by atoms with E-state index in [1.54, 1.807) is 0 Å². The number of aromatic amines is 1. The normalized spacial score (nSPS) is 10.0. The fourth-order valence-electron chi connectivity index (χ4n) is 1.12. The van der Waals surface area contributed by atoms with E-state index in [1.165, 1.54) is 14.0 Å². The van der Waals surface area contributed by atoms with Crippen LogP contribution in [0, 0.1) is 6.92 Å². The maximum Gasteiger partial charge on any atom is 0.346 e. The van der Waals surface area contributed by atoms with E-state index >= 15 is 0 Å². The van der Waals surface area contributed by atoms with Gasteiger partial charge in [0.15, 0.2) is 0 Å². The predicted octanol–water partition coefficient (Wildman–Crippen LogP) is -0.385. The van der Waals surface area contributed by atoms with Crippen LogP contribution in [-0.4, -0.2) is 39.8 Å². The summed E-state index contributed by atoms with van der Waals surface area (Å²) in [5.41, 5.74) is -0.498. The summed E-state index contributed by atoms with van der Waals surface area (Å²) >= 11 is 0.912. The lowest BCUT2D eigenvalue weighted by Gasteiger charge is -2.06. The Labute approximate surface area is 101 Å². The Balaban J connectivity index is 3.08. The van der Waals surface area contributed by atoms with Gasteiger partial charge < -0.3 is 15.4 Å². The molecule has 1 heterocycles. The highest BCUT2D eigenvalue weighted by atomic mass is 32.2. The van der Waals surface area contributed by atoms with Gasteiger partial charge in [-0.25, -0.2) is 9.59 Å². The molecule has 0 aliphatic carbocycles. The molecule has 0 aliphatic heterocycles. The van der Waals surface area contributed by atoms with Crippen LogP contribution in [0.4, 0.5) is 0 Å². The zero-order valence-electron chi connectivity index (χ0n) is 9.23.